The lowest BCUT2D eigenvalue weighted by atomic mass is 9.57. The van der Waals surface area contributed by atoms with Crippen LogP contribution in [0.3, 0.4) is 0 Å². The molecular formula is C29H24ClN3O3. The standard InChI is InChI=1S/C29H24ClN3O3/c1-16-14-18(30)15-20-24(16)32-27(36)29(20)28(19-10-5-6-11-21(19)31-26(28)35)23(22-12-7-13-33(22)29)25(34)17-8-3-2-4-9-17/h2-6,8-11,14-15,22-23H,7,12-13H2,1H3,(H,31,35)(H,32,36). The summed E-state index contributed by atoms with van der Waals surface area (Å²) in [4.78, 5) is 45.4. The first-order valence-corrected chi connectivity index (χ1v) is 12.7. The first kappa shape index (κ1) is 21.8. The van der Waals surface area contributed by atoms with Crippen molar-refractivity contribution in [3.63, 3.8) is 0 Å². The molecule has 2 amide bonds. The molecule has 0 radical (unpaired) electrons. The maximum atomic E-state index is 14.4. The van der Waals surface area contributed by atoms with E-state index in [1.807, 2.05) is 61.5 Å². The van der Waals surface area contributed by atoms with Crippen LogP contribution in [0.5, 0.6) is 0 Å². The molecule has 0 saturated carbocycles. The predicted octanol–water partition coefficient (Wildman–Crippen LogP) is 4.66. The number of hydrogen-bond acceptors (Lipinski definition) is 4. The number of anilines is 2. The molecule has 7 rings (SSSR count). The number of benzene rings is 3. The summed E-state index contributed by atoms with van der Waals surface area (Å²) in [7, 11) is 0. The molecule has 2 saturated heterocycles. The van der Waals surface area contributed by atoms with Crippen LogP contribution in [0.2, 0.25) is 5.02 Å². The molecule has 4 aliphatic heterocycles. The lowest BCUT2D eigenvalue weighted by Crippen LogP contribution is -2.62. The molecular weight excluding hydrogens is 474 g/mol. The quantitative estimate of drug-likeness (QED) is 0.505. The van der Waals surface area contributed by atoms with Crippen LogP contribution in [0, 0.1) is 12.8 Å². The molecule has 2 N–H and O–H groups in total. The van der Waals surface area contributed by atoms with Crippen molar-refractivity contribution >= 4 is 40.6 Å². The van der Waals surface area contributed by atoms with E-state index in [9.17, 15) is 14.4 Å². The first-order chi connectivity index (χ1) is 17.4. The minimum absolute atomic E-state index is 0.115. The fourth-order valence-corrected chi connectivity index (χ4v) is 7.87. The van der Waals surface area contributed by atoms with E-state index in [4.69, 9.17) is 11.6 Å². The number of nitrogens with zero attached hydrogens (tertiary/aromatic N) is 1. The Balaban J connectivity index is 1.62. The fourth-order valence-electron chi connectivity index (χ4n) is 7.59. The number of fused-ring (bicyclic) bond motifs is 7. The van der Waals surface area contributed by atoms with Crippen molar-refractivity contribution in [1.82, 2.24) is 4.90 Å². The third kappa shape index (κ3) is 2.34. The van der Waals surface area contributed by atoms with Gasteiger partial charge in [-0.15, -0.1) is 0 Å². The molecule has 6 nitrogen and oxygen atoms in total. The van der Waals surface area contributed by atoms with Crippen LogP contribution < -0.4 is 10.6 Å². The molecule has 7 heteroatoms. The van der Waals surface area contributed by atoms with Crippen molar-refractivity contribution in [1.29, 1.82) is 0 Å². The maximum Gasteiger partial charge on any atom is 0.251 e. The molecule has 4 atom stereocenters. The topological polar surface area (TPSA) is 78.5 Å². The number of nitrogens with one attached hydrogen (secondary N) is 2. The van der Waals surface area contributed by atoms with E-state index in [-0.39, 0.29) is 23.6 Å². The normalized spacial score (nSPS) is 29.8. The number of aryl methyl sites for hydroxylation is 1. The van der Waals surface area contributed by atoms with Gasteiger partial charge in [0.25, 0.3) is 5.91 Å². The Morgan fingerprint density at radius 3 is 2.53 bits per heavy atom. The summed E-state index contributed by atoms with van der Waals surface area (Å²) in [5.74, 6) is -1.45. The average molecular weight is 498 g/mol. The van der Waals surface area contributed by atoms with Crippen LogP contribution in [-0.4, -0.2) is 35.1 Å². The minimum atomic E-state index is -1.45. The molecule has 36 heavy (non-hydrogen) atoms. The number of halogens is 1. The van der Waals surface area contributed by atoms with Gasteiger partial charge in [-0.25, -0.2) is 0 Å². The number of Topliss-reactive ketones (excluding diaryl/α,β-unsaturated/α-hetero) is 1. The lowest BCUT2D eigenvalue weighted by molar-refractivity contribution is -0.137. The van der Waals surface area contributed by atoms with E-state index < -0.39 is 16.9 Å². The molecule has 3 aromatic carbocycles. The van der Waals surface area contributed by atoms with Crippen LogP contribution in [0.4, 0.5) is 11.4 Å². The number of ketones is 1. The van der Waals surface area contributed by atoms with E-state index >= 15 is 0 Å². The highest BCUT2D eigenvalue weighted by Gasteiger charge is 2.81. The van der Waals surface area contributed by atoms with E-state index in [1.54, 1.807) is 12.1 Å². The maximum absolute atomic E-state index is 14.4. The zero-order valence-corrected chi connectivity index (χ0v) is 20.4. The molecule has 0 aromatic heterocycles. The van der Waals surface area contributed by atoms with Crippen molar-refractivity contribution in [2.75, 3.05) is 17.2 Å². The Morgan fingerprint density at radius 2 is 1.72 bits per heavy atom. The summed E-state index contributed by atoms with van der Waals surface area (Å²) in [5, 5.41) is 6.66. The lowest BCUT2D eigenvalue weighted by Gasteiger charge is -2.43. The summed E-state index contributed by atoms with van der Waals surface area (Å²) in [6.07, 6.45) is 1.57. The van der Waals surface area contributed by atoms with Gasteiger partial charge < -0.3 is 10.6 Å². The second-order valence-corrected chi connectivity index (χ2v) is 10.7. The SMILES string of the molecule is Cc1cc(Cl)cc2c1NC(=O)C21N2CCCC2C(C(=O)c2ccccc2)C12C(=O)Nc1ccccc12. The molecule has 180 valence electrons. The van der Waals surface area contributed by atoms with Gasteiger partial charge >= 0.3 is 0 Å². The molecule has 2 spiro atoms. The predicted molar refractivity (Wildman–Crippen MR) is 137 cm³/mol. The number of hydrogen-bond donors (Lipinski definition) is 2. The van der Waals surface area contributed by atoms with Gasteiger partial charge in [-0.3, -0.25) is 19.3 Å². The zero-order chi connectivity index (χ0) is 24.8. The Hall–Kier alpha value is -3.48. The Bertz CT molecular complexity index is 1490. The van der Waals surface area contributed by atoms with Gasteiger partial charge in [0.15, 0.2) is 5.78 Å². The number of para-hydroxylation sites is 1. The van der Waals surface area contributed by atoms with Crippen LogP contribution in [0.15, 0.2) is 66.7 Å². The summed E-state index contributed by atoms with van der Waals surface area (Å²) >= 11 is 6.58. The van der Waals surface area contributed by atoms with Gasteiger partial charge in [0.05, 0.1) is 5.92 Å². The van der Waals surface area contributed by atoms with Crippen molar-refractivity contribution in [3.8, 4) is 0 Å². The Kier molecular flexibility index (Phi) is 4.40. The van der Waals surface area contributed by atoms with Gasteiger partial charge in [0.2, 0.25) is 5.91 Å². The van der Waals surface area contributed by atoms with E-state index in [2.05, 4.69) is 15.5 Å². The van der Waals surface area contributed by atoms with Gasteiger partial charge in [-0.2, -0.15) is 0 Å². The van der Waals surface area contributed by atoms with E-state index in [0.29, 0.717) is 39.6 Å². The molecule has 0 bridgehead atoms. The van der Waals surface area contributed by atoms with Crippen molar-refractivity contribution in [2.24, 2.45) is 5.92 Å². The van der Waals surface area contributed by atoms with Gasteiger partial charge in [-0.1, -0.05) is 60.1 Å². The first-order valence-electron chi connectivity index (χ1n) is 12.3. The van der Waals surface area contributed by atoms with Gasteiger partial charge in [0, 0.05) is 33.6 Å². The summed E-state index contributed by atoms with van der Waals surface area (Å²) in [6.45, 7) is 2.52. The van der Waals surface area contributed by atoms with Crippen molar-refractivity contribution in [2.45, 2.75) is 36.8 Å². The summed E-state index contributed by atoms with van der Waals surface area (Å²) in [5.41, 5.74) is 1.23. The molecule has 4 aliphatic rings. The highest BCUT2D eigenvalue weighted by atomic mass is 35.5. The van der Waals surface area contributed by atoms with Crippen LogP contribution in [-0.2, 0) is 20.5 Å². The van der Waals surface area contributed by atoms with Gasteiger partial charge in [0.1, 0.15) is 11.0 Å². The summed E-state index contributed by atoms with van der Waals surface area (Å²) < 4.78 is 0. The molecule has 2 fully saturated rings. The number of carbonyl (C=O) groups is 3. The Labute approximate surface area is 213 Å². The molecule has 3 aromatic rings. The largest absolute Gasteiger partial charge is 0.325 e. The zero-order valence-electron chi connectivity index (χ0n) is 19.7. The third-order valence-electron chi connectivity index (χ3n) is 8.71. The van der Waals surface area contributed by atoms with Crippen molar-refractivity contribution < 1.29 is 14.4 Å². The fraction of sp³-hybridized carbons (Fsp3) is 0.276. The van der Waals surface area contributed by atoms with Crippen molar-refractivity contribution in [3.05, 3.63) is 94.0 Å². The van der Waals surface area contributed by atoms with Crippen LogP contribution in [0.25, 0.3) is 0 Å². The number of rotatable bonds is 2. The second-order valence-electron chi connectivity index (χ2n) is 10.2. The number of amides is 2. The van der Waals surface area contributed by atoms with E-state index in [1.165, 1.54) is 0 Å². The molecule has 4 heterocycles. The monoisotopic (exact) mass is 497 g/mol. The average Bonchev–Trinajstić information content (AvgIpc) is 3.59. The Morgan fingerprint density at radius 1 is 0.972 bits per heavy atom. The minimum Gasteiger partial charge on any atom is -0.325 e. The second kappa shape index (κ2) is 7.28. The van der Waals surface area contributed by atoms with Crippen LogP contribution >= 0.6 is 11.6 Å². The smallest absolute Gasteiger partial charge is 0.251 e. The van der Waals surface area contributed by atoms with Gasteiger partial charge in [-0.05, 0) is 55.6 Å². The highest BCUT2D eigenvalue weighted by molar-refractivity contribution is 6.31. The molecule has 4 unspecified atom stereocenters. The molecule has 0 aliphatic carbocycles. The summed E-state index contributed by atoms with van der Waals surface area (Å²) in [6, 6.07) is 20.0. The third-order valence-corrected chi connectivity index (χ3v) is 8.93. The number of carbonyl (C=O) groups excluding carboxylic acids is 3. The highest BCUT2D eigenvalue weighted by Crippen LogP contribution is 2.68. The van der Waals surface area contributed by atoms with E-state index in [0.717, 1.165) is 18.4 Å². The van der Waals surface area contributed by atoms with Crippen LogP contribution in [0.1, 0.15) is 39.9 Å².